The van der Waals surface area contributed by atoms with E-state index in [0.717, 1.165) is 11.6 Å². The van der Waals surface area contributed by atoms with Crippen LogP contribution in [-0.4, -0.2) is 29.9 Å². The van der Waals surface area contributed by atoms with Crippen molar-refractivity contribution in [1.82, 2.24) is 15.6 Å². The van der Waals surface area contributed by atoms with Gasteiger partial charge in [0.15, 0.2) is 0 Å². The van der Waals surface area contributed by atoms with Crippen molar-refractivity contribution in [2.75, 3.05) is 13.1 Å². The number of nitrogens with one attached hydrogen (secondary N) is 3. The molecule has 1 atom stereocenters. The first-order chi connectivity index (χ1) is 15.9. The molecular formula is C25H24F3N3O2. The minimum atomic E-state index is -0.676. The van der Waals surface area contributed by atoms with E-state index in [-0.39, 0.29) is 40.9 Å². The lowest BCUT2D eigenvalue weighted by atomic mass is 9.71. The van der Waals surface area contributed by atoms with Gasteiger partial charge in [0.1, 0.15) is 17.5 Å². The molecule has 33 heavy (non-hydrogen) atoms. The molecule has 0 bridgehead atoms. The average Bonchev–Trinajstić information content (AvgIpc) is 3.33. The second-order valence-electron chi connectivity index (χ2n) is 9.15. The van der Waals surface area contributed by atoms with Gasteiger partial charge in [0.25, 0.3) is 0 Å². The summed E-state index contributed by atoms with van der Waals surface area (Å²) >= 11 is 0. The minimum Gasteiger partial charge on any atom is -0.356 e. The number of H-pyrrole nitrogens is 1. The van der Waals surface area contributed by atoms with Gasteiger partial charge in [0.2, 0.25) is 11.8 Å². The quantitative estimate of drug-likeness (QED) is 0.524. The van der Waals surface area contributed by atoms with E-state index in [2.05, 4.69) is 15.6 Å². The summed E-state index contributed by atoms with van der Waals surface area (Å²) in [6.45, 7) is 1.07. The van der Waals surface area contributed by atoms with Gasteiger partial charge in [-0.3, -0.25) is 9.59 Å². The standard InChI is InChI=1S/C25H24F3N3O2/c26-17-3-1-15(2-4-17)23-19(20-9-18(27)10-21(28)24(20)31-23)7-13-5-16(6-13)25(33)30-12-14-8-22(32)29-11-14/h1-4,9-10,13-14,16,31H,5-8,11-12H2,(H,29,32)(H,30,33). The molecule has 1 aromatic heterocycles. The highest BCUT2D eigenvalue weighted by Crippen LogP contribution is 2.41. The number of hydrogen-bond donors (Lipinski definition) is 3. The Hall–Kier alpha value is -3.29. The Labute approximate surface area is 188 Å². The van der Waals surface area contributed by atoms with Gasteiger partial charge in [-0.15, -0.1) is 0 Å². The number of rotatable bonds is 6. The molecule has 1 aliphatic carbocycles. The smallest absolute Gasteiger partial charge is 0.223 e. The molecule has 8 heteroatoms. The molecule has 5 rings (SSSR count). The molecule has 1 saturated carbocycles. The molecule has 0 spiro atoms. The topological polar surface area (TPSA) is 74.0 Å². The minimum absolute atomic E-state index is 0.0135. The largest absolute Gasteiger partial charge is 0.356 e. The highest BCUT2D eigenvalue weighted by molar-refractivity contribution is 5.91. The zero-order chi connectivity index (χ0) is 23.1. The van der Waals surface area contributed by atoms with Crippen LogP contribution in [0.5, 0.6) is 0 Å². The fourth-order valence-corrected chi connectivity index (χ4v) is 4.95. The molecule has 1 saturated heterocycles. The molecule has 2 fully saturated rings. The van der Waals surface area contributed by atoms with Gasteiger partial charge in [0, 0.05) is 48.5 Å². The number of carbonyl (C=O) groups is 2. The van der Waals surface area contributed by atoms with Gasteiger partial charge in [0.05, 0.1) is 5.52 Å². The predicted molar refractivity (Wildman–Crippen MR) is 118 cm³/mol. The summed E-state index contributed by atoms with van der Waals surface area (Å²) in [6, 6.07) is 8.04. The van der Waals surface area contributed by atoms with Crippen LogP contribution in [0.1, 0.15) is 24.8 Å². The van der Waals surface area contributed by atoms with Crippen molar-refractivity contribution in [3.63, 3.8) is 0 Å². The lowest BCUT2D eigenvalue weighted by Gasteiger charge is -2.34. The van der Waals surface area contributed by atoms with Gasteiger partial charge < -0.3 is 15.6 Å². The van der Waals surface area contributed by atoms with Crippen LogP contribution >= 0.6 is 0 Å². The fourth-order valence-electron chi connectivity index (χ4n) is 4.95. The van der Waals surface area contributed by atoms with Crippen LogP contribution in [0.2, 0.25) is 0 Å². The van der Waals surface area contributed by atoms with Crippen molar-refractivity contribution < 1.29 is 22.8 Å². The summed E-state index contributed by atoms with van der Waals surface area (Å²) in [5.74, 6) is -1.48. The predicted octanol–water partition coefficient (Wildman–Crippen LogP) is 4.07. The summed E-state index contributed by atoms with van der Waals surface area (Å²) in [4.78, 5) is 26.8. The number of benzene rings is 2. The first kappa shape index (κ1) is 21.6. The van der Waals surface area contributed by atoms with E-state index in [1.54, 1.807) is 12.1 Å². The van der Waals surface area contributed by atoms with E-state index in [4.69, 9.17) is 0 Å². The Morgan fingerprint density at radius 1 is 1.03 bits per heavy atom. The lowest BCUT2D eigenvalue weighted by Crippen LogP contribution is -2.41. The molecule has 1 unspecified atom stereocenters. The first-order valence-corrected chi connectivity index (χ1v) is 11.2. The SMILES string of the molecule is O=C1CC(CNC(=O)C2CC(Cc3c(-c4ccc(F)cc4)[nH]c4c(F)cc(F)cc34)C2)CN1. The summed E-state index contributed by atoms with van der Waals surface area (Å²) in [6.07, 6.45) is 2.36. The van der Waals surface area contributed by atoms with Crippen LogP contribution in [0.4, 0.5) is 13.2 Å². The van der Waals surface area contributed by atoms with Gasteiger partial charge in [-0.05, 0) is 66.6 Å². The van der Waals surface area contributed by atoms with Crippen molar-refractivity contribution >= 4 is 22.7 Å². The van der Waals surface area contributed by atoms with Crippen molar-refractivity contribution in [3.05, 3.63) is 59.4 Å². The number of carbonyl (C=O) groups excluding carboxylic acids is 2. The van der Waals surface area contributed by atoms with E-state index in [0.29, 0.717) is 55.4 Å². The molecule has 2 amide bonds. The third-order valence-corrected chi connectivity index (χ3v) is 6.79. The first-order valence-electron chi connectivity index (χ1n) is 11.2. The fraction of sp³-hybridized carbons (Fsp3) is 0.360. The molecule has 172 valence electrons. The van der Waals surface area contributed by atoms with Crippen molar-refractivity contribution in [2.24, 2.45) is 17.8 Å². The Morgan fingerprint density at radius 2 is 1.79 bits per heavy atom. The van der Waals surface area contributed by atoms with Crippen LogP contribution in [0.25, 0.3) is 22.2 Å². The number of hydrogen-bond acceptors (Lipinski definition) is 2. The average molecular weight is 455 g/mol. The second kappa shape index (κ2) is 8.57. The number of aromatic amines is 1. The van der Waals surface area contributed by atoms with Crippen LogP contribution in [0, 0.1) is 35.2 Å². The maximum atomic E-state index is 14.4. The maximum Gasteiger partial charge on any atom is 0.223 e. The van der Waals surface area contributed by atoms with Crippen LogP contribution in [-0.2, 0) is 16.0 Å². The molecule has 3 N–H and O–H groups in total. The number of aromatic nitrogens is 1. The zero-order valence-electron chi connectivity index (χ0n) is 17.9. The monoisotopic (exact) mass is 455 g/mol. The zero-order valence-corrected chi connectivity index (χ0v) is 17.9. The summed E-state index contributed by atoms with van der Waals surface area (Å²) in [5.41, 5.74) is 2.32. The number of amides is 2. The summed E-state index contributed by atoms with van der Waals surface area (Å²) in [7, 11) is 0. The van der Waals surface area contributed by atoms with Crippen LogP contribution in [0.3, 0.4) is 0 Å². The van der Waals surface area contributed by atoms with E-state index in [1.165, 1.54) is 18.2 Å². The molecule has 2 aromatic carbocycles. The van der Waals surface area contributed by atoms with Crippen LogP contribution < -0.4 is 10.6 Å². The van der Waals surface area contributed by atoms with Crippen molar-refractivity contribution in [2.45, 2.75) is 25.7 Å². The number of fused-ring (bicyclic) bond motifs is 1. The van der Waals surface area contributed by atoms with E-state index >= 15 is 0 Å². The van der Waals surface area contributed by atoms with Gasteiger partial charge >= 0.3 is 0 Å². The molecule has 3 aromatic rings. The summed E-state index contributed by atoms with van der Waals surface area (Å²) in [5, 5.41) is 6.17. The molecule has 5 nitrogen and oxygen atoms in total. The third kappa shape index (κ3) is 4.34. The van der Waals surface area contributed by atoms with Crippen LogP contribution in [0.15, 0.2) is 36.4 Å². The van der Waals surface area contributed by atoms with Crippen molar-refractivity contribution in [1.29, 1.82) is 0 Å². The Kier molecular flexibility index (Phi) is 5.60. The molecule has 2 heterocycles. The van der Waals surface area contributed by atoms with Crippen molar-refractivity contribution in [3.8, 4) is 11.3 Å². The van der Waals surface area contributed by atoms with E-state index in [1.807, 2.05) is 0 Å². The third-order valence-electron chi connectivity index (χ3n) is 6.79. The highest BCUT2D eigenvalue weighted by atomic mass is 19.1. The normalized spacial score (nSPS) is 22.3. The summed E-state index contributed by atoms with van der Waals surface area (Å²) < 4.78 is 41.9. The van der Waals surface area contributed by atoms with E-state index < -0.39 is 11.6 Å². The maximum absolute atomic E-state index is 14.4. The highest BCUT2D eigenvalue weighted by Gasteiger charge is 2.36. The molecule has 2 aliphatic rings. The molecule has 0 radical (unpaired) electrons. The molecule has 1 aliphatic heterocycles. The molecular weight excluding hydrogens is 431 g/mol. The Morgan fingerprint density at radius 3 is 2.48 bits per heavy atom. The second-order valence-corrected chi connectivity index (χ2v) is 9.15. The van der Waals surface area contributed by atoms with E-state index in [9.17, 15) is 22.8 Å². The van der Waals surface area contributed by atoms with Gasteiger partial charge in [-0.25, -0.2) is 13.2 Å². The lowest BCUT2D eigenvalue weighted by molar-refractivity contribution is -0.129. The number of halogens is 3. The Bertz CT molecular complexity index is 1220. The van der Waals surface area contributed by atoms with Gasteiger partial charge in [-0.2, -0.15) is 0 Å². The van der Waals surface area contributed by atoms with Gasteiger partial charge in [-0.1, -0.05) is 0 Å². The Balaban J connectivity index is 1.31.